The second-order valence-corrected chi connectivity index (χ2v) is 5.27. The molecule has 0 atom stereocenters. The zero-order valence-electron chi connectivity index (χ0n) is 11.0. The van der Waals surface area contributed by atoms with E-state index in [4.69, 9.17) is 0 Å². The lowest BCUT2D eigenvalue weighted by molar-refractivity contribution is -0.130. The van der Waals surface area contributed by atoms with Crippen molar-refractivity contribution in [1.29, 1.82) is 0 Å². The number of nitrogens with one attached hydrogen (secondary N) is 1. The molecule has 1 aliphatic heterocycles. The summed E-state index contributed by atoms with van der Waals surface area (Å²) < 4.78 is 0.871. The van der Waals surface area contributed by atoms with Crippen LogP contribution in [0.3, 0.4) is 0 Å². The third kappa shape index (κ3) is 3.87. The molecule has 0 saturated carbocycles. The van der Waals surface area contributed by atoms with E-state index < -0.39 is 0 Å². The number of hydrogen-bond donors (Lipinski definition) is 1. The second-order valence-electron chi connectivity index (χ2n) is 4.35. The van der Waals surface area contributed by atoms with Crippen LogP contribution in [0.15, 0.2) is 16.9 Å². The van der Waals surface area contributed by atoms with Crippen LogP contribution in [0.25, 0.3) is 0 Å². The molecule has 104 valence electrons. The Morgan fingerprint density at radius 2 is 1.95 bits per heavy atom. The lowest BCUT2D eigenvalue weighted by Crippen LogP contribution is -2.51. The van der Waals surface area contributed by atoms with Gasteiger partial charge in [0.1, 0.15) is 0 Å². The van der Waals surface area contributed by atoms with E-state index in [-0.39, 0.29) is 5.91 Å². The molecule has 0 aromatic carbocycles. The molecular formula is C12H18BrN5O. The molecule has 1 amide bonds. The third-order valence-corrected chi connectivity index (χ3v) is 3.46. The fraction of sp³-hybridized carbons (Fsp3) is 0.583. The summed E-state index contributed by atoms with van der Waals surface area (Å²) in [7, 11) is 0. The maximum absolute atomic E-state index is 11.9. The largest absolute Gasteiger partial charge is 0.338 e. The van der Waals surface area contributed by atoms with Gasteiger partial charge in [0.05, 0.1) is 11.0 Å². The predicted molar refractivity (Wildman–Crippen MR) is 77.1 cm³/mol. The van der Waals surface area contributed by atoms with Crippen LogP contribution in [0.1, 0.15) is 6.92 Å². The summed E-state index contributed by atoms with van der Waals surface area (Å²) in [4.78, 5) is 24.4. The molecule has 2 heterocycles. The highest BCUT2D eigenvalue weighted by Gasteiger charge is 2.21. The highest BCUT2D eigenvalue weighted by atomic mass is 79.9. The molecule has 1 aliphatic rings. The zero-order valence-corrected chi connectivity index (χ0v) is 12.6. The maximum Gasteiger partial charge on any atom is 0.236 e. The first-order chi connectivity index (χ1) is 9.20. The van der Waals surface area contributed by atoms with Crippen LogP contribution in [0.5, 0.6) is 0 Å². The van der Waals surface area contributed by atoms with E-state index in [1.807, 2.05) is 11.8 Å². The van der Waals surface area contributed by atoms with Crippen molar-refractivity contribution in [1.82, 2.24) is 20.2 Å². The molecule has 1 N–H and O–H groups in total. The van der Waals surface area contributed by atoms with Crippen LogP contribution in [-0.2, 0) is 4.79 Å². The zero-order chi connectivity index (χ0) is 13.7. The normalized spacial score (nSPS) is 15.7. The van der Waals surface area contributed by atoms with Gasteiger partial charge in [0.15, 0.2) is 0 Å². The van der Waals surface area contributed by atoms with Gasteiger partial charge in [0, 0.05) is 38.6 Å². The summed E-state index contributed by atoms with van der Waals surface area (Å²) in [5, 5.41) is 3.06. The number of rotatable bonds is 4. The van der Waals surface area contributed by atoms with Crippen LogP contribution in [0, 0.1) is 0 Å². The number of aromatic nitrogens is 2. The van der Waals surface area contributed by atoms with Gasteiger partial charge in [-0.3, -0.25) is 4.79 Å². The molecule has 6 nitrogen and oxygen atoms in total. The first-order valence-electron chi connectivity index (χ1n) is 6.41. The monoisotopic (exact) mass is 327 g/mol. The Morgan fingerprint density at radius 3 is 2.53 bits per heavy atom. The summed E-state index contributed by atoms with van der Waals surface area (Å²) >= 11 is 3.32. The number of nitrogens with zero attached hydrogens (tertiary/aromatic N) is 4. The van der Waals surface area contributed by atoms with Crippen LogP contribution in [-0.4, -0.2) is 60.0 Å². The number of hydrogen-bond acceptors (Lipinski definition) is 5. The van der Waals surface area contributed by atoms with Crippen molar-refractivity contribution in [3.63, 3.8) is 0 Å². The second kappa shape index (κ2) is 6.81. The number of likely N-dealkylation sites (N-methyl/N-ethyl adjacent to an activating group) is 1. The highest BCUT2D eigenvalue weighted by molar-refractivity contribution is 9.10. The van der Waals surface area contributed by atoms with Gasteiger partial charge >= 0.3 is 0 Å². The average molecular weight is 328 g/mol. The fourth-order valence-corrected chi connectivity index (χ4v) is 2.17. The van der Waals surface area contributed by atoms with E-state index in [1.165, 1.54) is 0 Å². The minimum absolute atomic E-state index is 0.165. The number of halogens is 1. The Bertz CT molecular complexity index is 417. The van der Waals surface area contributed by atoms with E-state index in [2.05, 4.69) is 36.1 Å². The van der Waals surface area contributed by atoms with Gasteiger partial charge in [-0.25, -0.2) is 9.97 Å². The molecule has 0 aliphatic carbocycles. The van der Waals surface area contributed by atoms with Crippen LogP contribution < -0.4 is 10.2 Å². The fourth-order valence-electron chi connectivity index (χ4n) is 1.97. The summed E-state index contributed by atoms with van der Waals surface area (Å²) in [6.45, 7) is 6.24. The SMILES string of the molecule is CCNCC(=O)N1CCN(c2ncc(Br)cn2)CC1. The summed E-state index contributed by atoms with van der Waals surface area (Å²) in [5.41, 5.74) is 0. The summed E-state index contributed by atoms with van der Waals surface area (Å²) in [5.74, 6) is 0.889. The van der Waals surface area contributed by atoms with Crippen LogP contribution in [0.2, 0.25) is 0 Å². The molecule has 0 unspecified atom stereocenters. The van der Waals surface area contributed by atoms with Gasteiger partial charge in [0.25, 0.3) is 0 Å². The molecule has 2 rings (SSSR count). The van der Waals surface area contributed by atoms with Gasteiger partial charge in [-0.15, -0.1) is 0 Å². The number of carbonyl (C=O) groups excluding carboxylic acids is 1. The minimum atomic E-state index is 0.165. The Balaban J connectivity index is 1.85. The Hall–Kier alpha value is -1.21. The van der Waals surface area contributed by atoms with Crippen LogP contribution in [0.4, 0.5) is 5.95 Å². The van der Waals surface area contributed by atoms with Gasteiger partial charge in [-0.05, 0) is 22.5 Å². The molecular weight excluding hydrogens is 310 g/mol. The topological polar surface area (TPSA) is 61.4 Å². The van der Waals surface area contributed by atoms with Gasteiger partial charge in [-0.2, -0.15) is 0 Å². The lowest BCUT2D eigenvalue weighted by atomic mass is 10.3. The van der Waals surface area contributed by atoms with Gasteiger partial charge in [0.2, 0.25) is 11.9 Å². The highest BCUT2D eigenvalue weighted by Crippen LogP contribution is 2.13. The van der Waals surface area contributed by atoms with Crippen molar-refractivity contribution >= 4 is 27.8 Å². The molecule has 19 heavy (non-hydrogen) atoms. The quantitative estimate of drug-likeness (QED) is 0.872. The predicted octanol–water partition coefficient (Wildman–Crippen LogP) is 0.497. The van der Waals surface area contributed by atoms with Crippen molar-refractivity contribution in [2.45, 2.75) is 6.92 Å². The standard InChI is InChI=1S/C12H18BrN5O/c1-2-14-9-11(19)17-3-5-18(6-4-17)12-15-7-10(13)8-16-12/h7-8,14H,2-6,9H2,1H3. The van der Waals surface area contributed by atoms with Crippen molar-refractivity contribution in [3.8, 4) is 0 Å². The molecule has 1 aromatic heterocycles. The van der Waals surface area contributed by atoms with Gasteiger partial charge in [-0.1, -0.05) is 6.92 Å². The molecule has 1 aromatic rings. The van der Waals surface area contributed by atoms with E-state index in [9.17, 15) is 4.79 Å². The Morgan fingerprint density at radius 1 is 1.32 bits per heavy atom. The van der Waals surface area contributed by atoms with Crippen molar-refractivity contribution < 1.29 is 4.79 Å². The number of carbonyl (C=O) groups is 1. The first-order valence-corrected chi connectivity index (χ1v) is 7.21. The average Bonchev–Trinajstić information content (AvgIpc) is 2.46. The van der Waals surface area contributed by atoms with Crippen LogP contribution >= 0.6 is 15.9 Å². The molecule has 0 spiro atoms. The maximum atomic E-state index is 11.9. The van der Waals surface area contributed by atoms with E-state index in [0.717, 1.165) is 43.1 Å². The Labute approximate surface area is 121 Å². The Kier molecular flexibility index (Phi) is 5.09. The molecule has 0 radical (unpaired) electrons. The molecule has 1 saturated heterocycles. The smallest absolute Gasteiger partial charge is 0.236 e. The number of amides is 1. The van der Waals surface area contributed by atoms with E-state index >= 15 is 0 Å². The van der Waals surface area contributed by atoms with Crippen molar-refractivity contribution in [2.24, 2.45) is 0 Å². The van der Waals surface area contributed by atoms with Gasteiger partial charge < -0.3 is 15.1 Å². The van der Waals surface area contributed by atoms with Crippen molar-refractivity contribution in [2.75, 3.05) is 44.2 Å². The minimum Gasteiger partial charge on any atom is -0.338 e. The van der Waals surface area contributed by atoms with E-state index in [0.29, 0.717) is 6.54 Å². The number of anilines is 1. The third-order valence-electron chi connectivity index (χ3n) is 3.05. The van der Waals surface area contributed by atoms with E-state index in [1.54, 1.807) is 12.4 Å². The first kappa shape index (κ1) is 14.2. The lowest BCUT2D eigenvalue weighted by Gasteiger charge is -2.34. The summed E-state index contributed by atoms with van der Waals surface area (Å²) in [6, 6.07) is 0. The molecule has 7 heteroatoms. The van der Waals surface area contributed by atoms with Crippen molar-refractivity contribution in [3.05, 3.63) is 16.9 Å². The molecule has 0 bridgehead atoms. The number of piperazine rings is 1. The summed E-state index contributed by atoms with van der Waals surface area (Å²) in [6.07, 6.45) is 3.48. The molecule has 1 fully saturated rings.